The molecule has 0 amide bonds. The first-order chi connectivity index (χ1) is 13.5. The number of hydrogen-bond acceptors (Lipinski definition) is 6. The Bertz CT molecular complexity index is 978. The predicted molar refractivity (Wildman–Crippen MR) is 107 cm³/mol. The second-order valence-corrected chi connectivity index (χ2v) is 8.27. The monoisotopic (exact) mass is 425 g/mol. The normalized spacial score (nSPS) is 16.9. The Morgan fingerprint density at radius 3 is 2.79 bits per heavy atom. The smallest absolute Gasteiger partial charge is 1.00 e. The fourth-order valence-electron chi connectivity index (χ4n) is 3.06. The Morgan fingerprint density at radius 1 is 1.28 bits per heavy atom. The number of para-hydroxylation sites is 2. The van der Waals surface area contributed by atoms with Gasteiger partial charge in [0.1, 0.15) is 12.4 Å². The molecule has 9 heteroatoms. The van der Waals surface area contributed by atoms with Crippen molar-refractivity contribution in [2.24, 2.45) is 0 Å². The molecule has 1 N–H and O–H groups in total. The minimum Gasteiger partial charge on any atom is -1.00 e. The Hall–Kier alpha value is -1.29. The molecule has 150 valence electrons. The van der Waals surface area contributed by atoms with Crippen LogP contribution in [0.1, 0.15) is 26.0 Å². The van der Waals surface area contributed by atoms with Gasteiger partial charge in [0.25, 0.3) is 0 Å². The number of ether oxygens (including phenoxy) is 3. The molecule has 1 fully saturated rings. The van der Waals surface area contributed by atoms with E-state index in [4.69, 9.17) is 14.2 Å². The van der Waals surface area contributed by atoms with Gasteiger partial charge in [-0.2, -0.15) is 0 Å². The van der Waals surface area contributed by atoms with Crippen molar-refractivity contribution in [3.8, 4) is 5.75 Å². The fourth-order valence-corrected chi connectivity index (χ4v) is 4.16. The number of imidazole rings is 1. The van der Waals surface area contributed by atoms with E-state index in [1.165, 1.54) is 0 Å². The van der Waals surface area contributed by atoms with Crippen LogP contribution in [0.4, 0.5) is 0 Å². The van der Waals surface area contributed by atoms with Crippen molar-refractivity contribution in [3.63, 3.8) is 0 Å². The molecule has 3 aromatic rings. The average molecular weight is 425 g/mol. The molecule has 0 aliphatic carbocycles. The van der Waals surface area contributed by atoms with Crippen molar-refractivity contribution < 1.29 is 49.4 Å². The number of fused-ring (bicyclic) bond motifs is 1. The molecule has 0 radical (unpaired) electrons. The summed E-state index contributed by atoms with van der Waals surface area (Å²) in [6.07, 6.45) is 2.56. The summed E-state index contributed by atoms with van der Waals surface area (Å²) in [6, 6.07) is 9.43. The maximum absolute atomic E-state index is 12.8. The number of benzene rings is 1. The van der Waals surface area contributed by atoms with Gasteiger partial charge in [0, 0.05) is 11.8 Å². The number of hydrogen-bond donors (Lipinski definition) is 1. The van der Waals surface area contributed by atoms with Crippen LogP contribution in [0.2, 0.25) is 0 Å². The standard InChI is InChI=1S/C20H23N3O4S.Na.H/c1-14-17(12-28(24)19-22-15-6-3-4-7-16(15)23-19)21-9-8-18(14)25-13-20(2)26-10-5-11-27-20;;/h3-4,6-9H,5,10-13H2,1-2H3,(H,22,23);;/q;+1;-1. The molecule has 1 aliphatic rings. The Morgan fingerprint density at radius 2 is 2.03 bits per heavy atom. The summed E-state index contributed by atoms with van der Waals surface area (Å²) in [5.41, 5.74) is 3.24. The van der Waals surface area contributed by atoms with Crippen LogP contribution in [0.3, 0.4) is 0 Å². The third-order valence-corrected chi connectivity index (χ3v) is 5.86. The summed E-state index contributed by atoms with van der Waals surface area (Å²) in [4.78, 5) is 11.9. The molecule has 4 rings (SSSR count). The molecule has 3 heterocycles. The van der Waals surface area contributed by atoms with Crippen LogP contribution in [0.15, 0.2) is 41.7 Å². The maximum Gasteiger partial charge on any atom is 1.00 e. The van der Waals surface area contributed by atoms with Gasteiger partial charge in [-0.15, -0.1) is 0 Å². The van der Waals surface area contributed by atoms with Crippen LogP contribution in [0.5, 0.6) is 5.75 Å². The summed E-state index contributed by atoms with van der Waals surface area (Å²) in [6.45, 7) is 5.40. The van der Waals surface area contributed by atoms with Gasteiger partial charge in [-0.25, -0.2) is 4.98 Å². The number of nitrogens with zero attached hydrogens (tertiary/aromatic N) is 2. The molecule has 1 atom stereocenters. The fraction of sp³-hybridized carbons (Fsp3) is 0.400. The van der Waals surface area contributed by atoms with E-state index < -0.39 is 16.6 Å². The van der Waals surface area contributed by atoms with Crippen LogP contribution < -0.4 is 34.3 Å². The summed E-state index contributed by atoms with van der Waals surface area (Å²) in [5.74, 6) is 0.198. The molecule has 0 bridgehead atoms. The Labute approximate surface area is 195 Å². The molecule has 1 unspecified atom stereocenters. The summed E-state index contributed by atoms with van der Waals surface area (Å²) < 4.78 is 30.1. The number of aromatic amines is 1. The van der Waals surface area contributed by atoms with E-state index in [0.717, 1.165) is 23.0 Å². The van der Waals surface area contributed by atoms with Gasteiger partial charge in [0.2, 0.25) is 0 Å². The van der Waals surface area contributed by atoms with E-state index in [2.05, 4.69) is 15.0 Å². The SMILES string of the molecule is Cc1c(OCC2(C)OCCCO2)ccnc1CS(=O)c1nc2ccccc2[nH]1.[H-].[Na+]. The Balaban J connectivity index is 0.00000160. The van der Waals surface area contributed by atoms with Crippen molar-refractivity contribution in [2.45, 2.75) is 37.0 Å². The summed E-state index contributed by atoms with van der Waals surface area (Å²) in [7, 11) is -1.34. The molecule has 1 aromatic carbocycles. The first kappa shape index (κ1) is 22.4. The summed E-state index contributed by atoms with van der Waals surface area (Å²) in [5, 5.41) is 0.449. The van der Waals surface area contributed by atoms with Gasteiger partial charge >= 0.3 is 29.6 Å². The van der Waals surface area contributed by atoms with Gasteiger partial charge in [0.05, 0.1) is 46.5 Å². The zero-order valence-electron chi connectivity index (χ0n) is 17.9. The largest absolute Gasteiger partial charge is 1.00 e. The molecule has 2 aromatic heterocycles. The molecular formula is C20H24N3NaO4S. The number of pyridine rings is 1. The van der Waals surface area contributed by atoms with E-state index in [0.29, 0.717) is 29.8 Å². The van der Waals surface area contributed by atoms with E-state index >= 15 is 0 Å². The van der Waals surface area contributed by atoms with Crippen LogP contribution in [-0.2, 0) is 26.0 Å². The molecular weight excluding hydrogens is 401 g/mol. The minimum absolute atomic E-state index is 0. The molecule has 0 saturated carbocycles. The molecule has 7 nitrogen and oxygen atoms in total. The zero-order chi connectivity index (χ0) is 19.6. The van der Waals surface area contributed by atoms with Crippen LogP contribution in [0, 0.1) is 6.92 Å². The maximum atomic E-state index is 12.8. The van der Waals surface area contributed by atoms with Crippen molar-refractivity contribution in [3.05, 3.63) is 47.8 Å². The second kappa shape index (κ2) is 9.68. The second-order valence-electron chi connectivity index (χ2n) is 6.90. The first-order valence-electron chi connectivity index (χ1n) is 9.22. The topological polar surface area (TPSA) is 86.3 Å². The molecule has 29 heavy (non-hydrogen) atoms. The average Bonchev–Trinajstić information content (AvgIpc) is 3.14. The molecule has 1 aliphatic heterocycles. The summed E-state index contributed by atoms with van der Waals surface area (Å²) >= 11 is 0. The van der Waals surface area contributed by atoms with Gasteiger partial charge in [-0.1, -0.05) is 12.1 Å². The molecule has 1 saturated heterocycles. The quantitative estimate of drug-likeness (QED) is 0.569. The van der Waals surface area contributed by atoms with Crippen molar-refractivity contribution in [2.75, 3.05) is 19.8 Å². The third kappa shape index (κ3) is 5.25. The van der Waals surface area contributed by atoms with E-state index in [-0.39, 0.29) is 43.3 Å². The first-order valence-corrected chi connectivity index (χ1v) is 10.5. The van der Waals surface area contributed by atoms with Crippen molar-refractivity contribution in [1.82, 2.24) is 15.0 Å². The number of aromatic nitrogens is 3. The minimum atomic E-state index is -1.34. The number of rotatable bonds is 6. The van der Waals surface area contributed by atoms with Crippen LogP contribution in [0.25, 0.3) is 11.0 Å². The van der Waals surface area contributed by atoms with Crippen molar-refractivity contribution in [1.29, 1.82) is 0 Å². The van der Waals surface area contributed by atoms with E-state index in [9.17, 15) is 4.21 Å². The third-order valence-electron chi connectivity index (χ3n) is 4.70. The number of H-pyrrole nitrogens is 1. The van der Waals surface area contributed by atoms with E-state index in [1.807, 2.05) is 38.1 Å². The van der Waals surface area contributed by atoms with Gasteiger partial charge in [0.15, 0.2) is 10.9 Å². The van der Waals surface area contributed by atoms with Gasteiger partial charge < -0.3 is 20.6 Å². The zero-order valence-corrected chi connectivity index (χ0v) is 19.8. The van der Waals surface area contributed by atoms with Gasteiger partial charge in [-0.3, -0.25) is 9.19 Å². The van der Waals surface area contributed by atoms with E-state index in [1.54, 1.807) is 12.3 Å². The molecule has 0 spiro atoms. The number of nitrogens with one attached hydrogen (secondary N) is 1. The predicted octanol–water partition coefficient (Wildman–Crippen LogP) is 0.223. The van der Waals surface area contributed by atoms with Gasteiger partial charge in [-0.05, 0) is 38.5 Å². The van der Waals surface area contributed by atoms with Crippen LogP contribution >= 0.6 is 0 Å². The Kier molecular flexibility index (Phi) is 7.47. The van der Waals surface area contributed by atoms with Crippen LogP contribution in [-0.4, -0.2) is 44.8 Å². The van der Waals surface area contributed by atoms with Crippen molar-refractivity contribution >= 4 is 21.8 Å².